The fourth-order valence-electron chi connectivity index (χ4n) is 4.04. The first kappa shape index (κ1) is 20.0. The molecule has 0 atom stereocenters. The van der Waals surface area contributed by atoms with E-state index in [1.54, 1.807) is 24.5 Å². The number of methoxy groups -OCH3 is 1. The molecule has 9 nitrogen and oxygen atoms in total. The molecular formula is C24H19FN8O. The van der Waals surface area contributed by atoms with Gasteiger partial charge in [0.25, 0.3) is 0 Å². The van der Waals surface area contributed by atoms with Crippen LogP contribution in [0.5, 0.6) is 5.75 Å². The Morgan fingerprint density at radius 1 is 1.03 bits per heavy atom. The molecule has 0 aliphatic rings. The number of ether oxygens (including phenoxy) is 1. The fraction of sp³-hybridized carbons (Fsp3) is 0.125. The summed E-state index contributed by atoms with van der Waals surface area (Å²) in [6, 6.07) is 10.2. The van der Waals surface area contributed by atoms with Crippen molar-refractivity contribution in [1.82, 2.24) is 39.7 Å². The van der Waals surface area contributed by atoms with Gasteiger partial charge in [-0.2, -0.15) is 5.10 Å². The SMILES string of the molecule is COc1cc(F)cc(-c2ccnc3[nH]c(-c4n[nH]c5ccc(-c6cnc(C)n6C)nc45)nc23)c1. The monoisotopic (exact) mass is 454 g/mol. The van der Waals surface area contributed by atoms with Gasteiger partial charge in [0.2, 0.25) is 0 Å². The van der Waals surface area contributed by atoms with Gasteiger partial charge in [-0.3, -0.25) is 5.10 Å². The van der Waals surface area contributed by atoms with Crippen LogP contribution < -0.4 is 4.74 Å². The number of nitrogens with zero attached hydrogens (tertiary/aromatic N) is 6. The van der Waals surface area contributed by atoms with Gasteiger partial charge in [-0.05, 0) is 42.8 Å². The number of aromatic nitrogens is 8. The molecule has 0 amide bonds. The Balaban J connectivity index is 1.50. The smallest absolute Gasteiger partial charge is 0.162 e. The van der Waals surface area contributed by atoms with Gasteiger partial charge in [0.15, 0.2) is 17.2 Å². The summed E-state index contributed by atoms with van der Waals surface area (Å²) in [5.41, 5.74) is 6.22. The van der Waals surface area contributed by atoms with Gasteiger partial charge in [-0.1, -0.05) is 0 Å². The van der Waals surface area contributed by atoms with Gasteiger partial charge in [-0.15, -0.1) is 0 Å². The normalized spacial score (nSPS) is 11.5. The van der Waals surface area contributed by atoms with Crippen LogP contribution >= 0.6 is 0 Å². The van der Waals surface area contributed by atoms with E-state index in [4.69, 9.17) is 14.7 Å². The molecule has 5 heterocycles. The van der Waals surface area contributed by atoms with Crippen LogP contribution in [0.2, 0.25) is 0 Å². The van der Waals surface area contributed by atoms with Crippen molar-refractivity contribution >= 4 is 22.2 Å². The Morgan fingerprint density at radius 3 is 2.71 bits per heavy atom. The number of hydrogen-bond donors (Lipinski definition) is 2. The van der Waals surface area contributed by atoms with E-state index in [1.807, 2.05) is 30.7 Å². The first-order valence-corrected chi connectivity index (χ1v) is 10.6. The molecule has 6 rings (SSSR count). The highest BCUT2D eigenvalue weighted by molar-refractivity contribution is 5.95. The van der Waals surface area contributed by atoms with E-state index in [2.05, 4.69) is 25.1 Å². The number of nitrogens with one attached hydrogen (secondary N) is 2. The molecule has 10 heteroatoms. The van der Waals surface area contributed by atoms with Crippen molar-refractivity contribution in [2.24, 2.45) is 7.05 Å². The number of imidazole rings is 2. The first-order valence-electron chi connectivity index (χ1n) is 10.6. The molecule has 2 N–H and O–H groups in total. The molecule has 34 heavy (non-hydrogen) atoms. The summed E-state index contributed by atoms with van der Waals surface area (Å²) in [6.07, 6.45) is 3.45. The van der Waals surface area contributed by atoms with Crippen LogP contribution in [0.3, 0.4) is 0 Å². The Morgan fingerprint density at radius 2 is 1.91 bits per heavy atom. The molecule has 0 spiro atoms. The molecule has 0 bridgehead atoms. The van der Waals surface area contributed by atoms with E-state index in [-0.39, 0.29) is 0 Å². The van der Waals surface area contributed by atoms with E-state index in [1.165, 1.54) is 19.2 Å². The second-order valence-electron chi connectivity index (χ2n) is 7.94. The minimum Gasteiger partial charge on any atom is -0.497 e. The van der Waals surface area contributed by atoms with Crippen LogP contribution in [0.25, 0.3) is 56.2 Å². The molecule has 0 saturated heterocycles. The molecule has 168 valence electrons. The first-order chi connectivity index (χ1) is 16.5. The van der Waals surface area contributed by atoms with E-state index in [0.717, 1.165) is 28.3 Å². The Bertz CT molecular complexity index is 1700. The second kappa shape index (κ2) is 7.48. The Labute approximate surface area is 192 Å². The number of rotatable bonds is 4. The van der Waals surface area contributed by atoms with Crippen molar-refractivity contribution in [3.63, 3.8) is 0 Å². The van der Waals surface area contributed by atoms with Crippen LogP contribution in [0.1, 0.15) is 5.82 Å². The summed E-state index contributed by atoms with van der Waals surface area (Å²) >= 11 is 0. The zero-order valence-electron chi connectivity index (χ0n) is 18.6. The molecule has 5 aromatic heterocycles. The van der Waals surface area contributed by atoms with Gasteiger partial charge in [0.05, 0.1) is 30.2 Å². The van der Waals surface area contributed by atoms with Crippen LogP contribution in [-0.4, -0.2) is 46.8 Å². The third-order valence-corrected chi connectivity index (χ3v) is 5.92. The lowest BCUT2D eigenvalue weighted by atomic mass is 10.1. The van der Waals surface area contributed by atoms with Gasteiger partial charge in [0, 0.05) is 24.9 Å². The van der Waals surface area contributed by atoms with E-state index in [9.17, 15) is 4.39 Å². The van der Waals surface area contributed by atoms with Gasteiger partial charge >= 0.3 is 0 Å². The van der Waals surface area contributed by atoms with Crippen LogP contribution in [0.15, 0.2) is 48.8 Å². The quantitative estimate of drug-likeness (QED) is 0.408. The molecule has 0 unspecified atom stereocenters. The van der Waals surface area contributed by atoms with Gasteiger partial charge in [0.1, 0.15) is 28.4 Å². The van der Waals surface area contributed by atoms with E-state index >= 15 is 0 Å². The van der Waals surface area contributed by atoms with Crippen LogP contribution in [0.4, 0.5) is 4.39 Å². The van der Waals surface area contributed by atoms with Crippen molar-refractivity contribution < 1.29 is 9.13 Å². The highest BCUT2D eigenvalue weighted by atomic mass is 19.1. The molecule has 0 saturated carbocycles. The maximum Gasteiger partial charge on any atom is 0.162 e. The summed E-state index contributed by atoms with van der Waals surface area (Å²) in [7, 11) is 3.46. The predicted molar refractivity (Wildman–Crippen MR) is 126 cm³/mol. The summed E-state index contributed by atoms with van der Waals surface area (Å²) in [5, 5.41) is 7.47. The summed E-state index contributed by atoms with van der Waals surface area (Å²) in [6.45, 7) is 1.94. The molecular weight excluding hydrogens is 435 g/mol. The average Bonchev–Trinajstić information content (AvgIpc) is 3.54. The molecule has 0 fully saturated rings. The molecule has 0 aliphatic carbocycles. The highest BCUT2D eigenvalue weighted by Gasteiger charge is 2.18. The number of hydrogen-bond acceptors (Lipinski definition) is 6. The van der Waals surface area contributed by atoms with Crippen molar-refractivity contribution in [2.45, 2.75) is 6.92 Å². The summed E-state index contributed by atoms with van der Waals surface area (Å²) in [5.74, 6) is 1.44. The van der Waals surface area contributed by atoms with E-state index in [0.29, 0.717) is 39.5 Å². The zero-order chi connectivity index (χ0) is 23.4. The van der Waals surface area contributed by atoms with Crippen molar-refractivity contribution in [3.05, 3.63) is 60.4 Å². The number of halogens is 1. The summed E-state index contributed by atoms with van der Waals surface area (Å²) < 4.78 is 21.4. The largest absolute Gasteiger partial charge is 0.497 e. The minimum absolute atomic E-state index is 0.393. The topological polar surface area (TPSA) is 110 Å². The molecule has 6 aromatic rings. The van der Waals surface area contributed by atoms with Crippen molar-refractivity contribution in [1.29, 1.82) is 0 Å². The number of pyridine rings is 2. The van der Waals surface area contributed by atoms with Crippen molar-refractivity contribution in [2.75, 3.05) is 7.11 Å². The molecule has 0 radical (unpaired) electrons. The lowest BCUT2D eigenvalue weighted by molar-refractivity contribution is 0.411. The Hall–Kier alpha value is -4.60. The van der Waals surface area contributed by atoms with Crippen LogP contribution in [0, 0.1) is 12.7 Å². The fourth-order valence-corrected chi connectivity index (χ4v) is 4.04. The molecule has 1 aromatic carbocycles. The average molecular weight is 454 g/mol. The minimum atomic E-state index is -0.393. The van der Waals surface area contributed by atoms with Gasteiger partial charge < -0.3 is 14.3 Å². The maximum atomic E-state index is 14.2. The lowest BCUT2D eigenvalue weighted by Gasteiger charge is -2.06. The summed E-state index contributed by atoms with van der Waals surface area (Å²) in [4.78, 5) is 21.6. The van der Waals surface area contributed by atoms with Gasteiger partial charge in [-0.25, -0.2) is 24.3 Å². The highest BCUT2D eigenvalue weighted by Crippen LogP contribution is 2.32. The Kier molecular flexibility index (Phi) is 4.41. The third kappa shape index (κ3) is 3.11. The molecule has 0 aliphatic heterocycles. The predicted octanol–water partition coefficient (Wildman–Crippen LogP) is 4.42. The maximum absolute atomic E-state index is 14.2. The number of fused-ring (bicyclic) bond motifs is 2. The number of aryl methyl sites for hydroxylation is 1. The number of aromatic amines is 2. The number of benzene rings is 1. The second-order valence-corrected chi connectivity index (χ2v) is 7.94. The standard InChI is InChI=1S/C24H19FN8O/c1-12-27-11-19(33(12)2)17-4-5-18-21(28-17)22(32-31-18)24-29-20-16(6-7-26-23(20)30-24)13-8-14(25)10-15(9-13)34-3/h4-11H,1-3H3,(H,31,32)(H,26,29,30). The van der Waals surface area contributed by atoms with E-state index < -0.39 is 5.82 Å². The number of H-pyrrole nitrogens is 2. The van der Waals surface area contributed by atoms with Crippen LogP contribution in [-0.2, 0) is 7.05 Å². The third-order valence-electron chi connectivity index (χ3n) is 5.92. The van der Waals surface area contributed by atoms with Crippen molar-refractivity contribution in [3.8, 4) is 39.8 Å². The zero-order valence-corrected chi connectivity index (χ0v) is 18.6. The lowest BCUT2D eigenvalue weighted by Crippen LogP contribution is -1.96.